The number of rotatable bonds is 3. The van der Waals surface area contributed by atoms with Crippen molar-refractivity contribution in [3.63, 3.8) is 0 Å². The van der Waals surface area contributed by atoms with Gasteiger partial charge in [-0.3, -0.25) is 4.79 Å². The minimum atomic E-state index is -0.542. The van der Waals surface area contributed by atoms with Crippen LogP contribution in [-0.2, 0) is 4.79 Å². The molecule has 0 saturated carbocycles. The summed E-state index contributed by atoms with van der Waals surface area (Å²) < 4.78 is 0. The number of carbonyl (C=O) groups is 1. The Bertz CT molecular complexity index is 298. The fourth-order valence-corrected chi connectivity index (χ4v) is 2.33. The SMILES string of the molecule is CCNC(=O)C(Cl)c1sccc1C. The first-order valence-electron chi connectivity index (χ1n) is 4.12. The van der Waals surface area contributed by atoms with Crippen molar-refractivity contribution < 1.29 is 4.79 Å². The Morgan fingerprint density at radius 2 is 2.46 bits per heavy atom. The maximum absolute atomic E-state index is 11.4. The van der Waals surface area contributed by atoms with Crippen molar-refractivity contribution in [2.24, 2.45) is 0 Å². The second-order valence-corrected chi connectivity index (χ2v) is 4.11. The number of likely N-dealkylation sites (N-methyl/N-ethyl adjacent to an activating group) is 1. The molecule has 1 N–H and O–H groups in total. The molecule has 0 bridgehead atoms. The molecule has 1 atom stereocenters. The van der Waals surface area contributed by atoms with Crippen LogP contribution >= 0.6 is 22.9 Å². The minimum absolute atomic E-state index is 0.116. The molecule has 13 heavy (non-hydrogen) atoms. The summed E-state index contributed by atoms with van der Waals surface area (Å²) in [6, 6.07) is 1.97. The molecule has 0 aliphatic carbocycles. The summed E-state index contributed by atoms with van der Waals surface area (Å²) in [5, 5.41) is 4.10. The largest absolute Gasteiger partial charge is 0.355 e. The van der Waals surface area contributed by atoms with Crippen LogP contribution in [0.15, 0.2) is 11.4 Å². The molecule has 1 aromatic rings. The first-order valence-corrected chi connectivity index (χ1v) is 5.44. The maximum atomic E-state index is 11.4. The fraction of sp³-hybridized carbons (Fsp3) is 0.444. The van der Waals surface area contributed by atoms with E-state index in [1.54, 1.807) is 0 Å². The van der Waals surface area contributed by atoms with Crippen molar-refractivity contribution >= 4 is 28.8 Å². The van der Waals surface area contributed by atoms with Crippen LogP contribution in [0.1, 0.15) is 22.7 Å². The summed E-state index contributed by atoms with van der Waals surface area (Å²) in [5.41, 5.74) is 1.08. The fourth-order valence-electron chi connectivity index (χ4n) is 1.03. The normalized spacial score (nSPS) is 12.5. The van der Waals surface area contributed by atoms with Crippen LogP contribution < -0.4 is 5.32 Å². The third-order valence-electron chi connectivity index (χ3n) is 1.71. The topological polar surface area (TPSA) is 29.1 Å². The molecule has 1 heterocycles. The smallest absolute Gasteiger partial charge is 0.243 e. The third kappa shape index (κ3) is 2.45. The Morgan fingerprint density at radius 3 is 2.92 bits per heavy atom. The predicted molar refractivity (Wildman–Crippen MR) is 56.3 cm³/mol. The molecule has 2 nitrogen and oxygen atoms in total. The van der Waals surface area contributed by atoms with E-state index < -0.39 is 5.38 Å². The van der Waals surface area contributed by atoms with Crippen molar-refractivity contribution in [3.8, 4) is 0 Å². The average Bonchev–Trinajstić information content (AvgIpc) is 2.50. The lowest BCUT2D eigenvalue weighted by Gasteiger charge is -2.07. The molecule has 1 amide bonds. The Labute approximate surface area is 86.9 Å². The number of halogens is 1. The van der Waals surface area contributed by atoms with Gasteiger partial charge < -0.3 is 5.32 Å². The van der Waals surface area contributed by atoms with E-state index >= 15 is 0 Å². The summed E-state index contributed by atoms with van der Waals surface area (Å²) in [4.78, 5) is 12.3. The van der Waals surface area contributed by atoms with Crippen LogP contribution in [0.3, 0.4) is 0 Å². The van der Waals surface area contributed by atoms with Crippen molar-refractivity contribution in [2.75, 3.05) is 6.54 Å². The zero-order chi connectivity index (χ0) is 9.84. The van der Waals surface area contributed by atoms with Crippen molar-refractivity contribution in [3.05, 3.63) is 21.9 Å². The zero-order valence-electron chi connectivity index (χ0n) is 7.63. The molecule has 1 aromatic heterocycles. The number of nitrogens with one attached hydrogen (secondary N) is 1. The van der Waals surface area contributed by atoms with Crippen LogP contribution in [0.25, 0.3) is 0 Å². The highest BCUT2D eigenvalue weighted by molar-refractivity contribution is 7.10. The summed E-state index contributed by atoms with van der Waals surface area (Å²) in [6.45, 7) is 4.45. The van der Waals surface area contributed by atoms with Crippen molar-refractivity contribution in [1.29, 1.82) is 0 Å². The van der Waals surface area contributed by atoms with E-state index in [0.717, 1.165) is 10.4 Å². The van der Waals surface area contributed by atoms with Gasteiger partial charge in [-0.15, -0.1) is 22.9 Å². The van der Waals surface area contributed by atoms with Crippen LogP contribution in [0.5, 0.6) is 0 Å². The second-order valence-electron chi connectivity index (χ2n) is 2.73. The zero-order valence-corrected chi connectivity index (χ0v) is 9.21. The van der Waals surface area contributed by atoms with Gasteiger partial charge in [-0.1, -0.05) is 0 Å². The monoisotopic (exact) mass is 217 g/mol. The van der Waals surface area contributed by atoms with E-state index in [-0.39, 0.29) is 5.91 Å². The maximum Gasteiger partial charge on any atom is 0.243 e. The Kier molecular flexibility index (Phi) is 3.75. The van der Waals surface area contributed by atoms with E-state index in [4.69, 9.17) is 11.6 Å². The van der Waals surface area contributed by atoms with E-state index in [0.29, 0.717) is 6.54 Å². The standard InChI is InChI=1S/C9H12ClNOS/c1-3-11-9(12)7(10)8-6(2)4-5-13-8/h4-5,7H,3H2,1-2H3,(H,11,12). The van der Waals surface area contributed by atoms with Gasteiger partial charge in [0.1, 0.15) is 5.38 Å². The number of carbonyl (C=O) groups excluding carboxylic acids is 1. The van der Waals surface area contributed by atoms with Gasteiger partial charge in [0.05, 0.1) is 0 Å². The van der Waals surface area contributed by atoms with E-state index in [2.05, 4.69) is 5.32 Å². The van der Waals surface area contributed by atoms with Gasteiger partial charge in [0.2, 0.25) is 5.91 Å². The number of hydrogen-bond acceptors (Lipinski definition) is 2. The molecule has 1 rings (SSSR count). The van der Waals surface area contributed by atoms with Gasteiger partial charge in [-0.05, 0) is 30.9 Å². The van der Waals surface area contributed by atoms with Crippen LogP contribution in [-0.4, -0.2) is 12.5 Å². The quantitative estimate of drug-likeness (QED) is 0.775. The predicted octanol–water partition coefficient (Wildman–Crippen LogP) is 2.47. The molecule has 0 aromatic carbocycles. The molecular weight excluding hydrogens is 206 g/mol. The Hall–Kier alpha value is -0.540. The lowest BCUT2D eigenvalue weighted by molar-refractivity contribution is -0.120. The van der Waals surface area contributed by atoms with E-state index in [1.807, 2.05) is 25.3 Å². The third-order valence-corrected chi connectivity index (χ3v) is 3.34. The summed E-state index contributed by atoms with van der Waals surface area (Å²) >= 11 is 7.50. The molecule has 0 fully saturated rings. The van der Waals surface area contributed by atoms with Gasteiger partial charge in [0, 0.05) is 11.4 Å². The molecule has 0 aliphatic heterocycles. The highest BCUT2D eigenvalue weighted by atomic mass is 35.5. The molecule has 4 heteroatoms. The highest BCUT2D eigenvalue weighted by Gasteiger charge is 2.19. The van der Waals surface area contributed by atoms with Crippen molar-refractivity contribution in [2.45, 2.75) is 19.2 Å². The molecule has 1 unspecified atom stereocenters. The molecule has 72 valence electrons. The lowest BCUT2D eigenvalue weighted by Crippen LogP contribution is -2.26. The van der Waals surface area contributed by atoms with Gasteiger partial charge in [0.25, 0.3) is 0 Å². The minimum Gasteiger partial charge on any atom is -0.355 e. The summed E-state index contributed by atoms with van der Waals surface area (Å²) in [6.07, 6.45) is 0. The van der Waals surface area contributed by atoms with Crippen LogP contribution in [0, 0.1) is 6.92 Å². The Morgan fingerprint density at radius 1 is 1.77 bits per heavy atom. The molecule has 0 spiro atoms. The van der Waals surface area contributed by atoms with Crippen LogP contribution in [0.2, 0.25) is 0 Å². The van der Waals surface area contributed by atoms with Gasteiger partial charge >= 0.3 is 0 Å². The number of hydrogen-bond donors (Lipinski definition) is 1. The van der Waals surface area contributed by atoms with Crippen LogP contribution in [0.4, 0.5) is 0 Å². The second kappa shape index (κ2) is 4.63. The van der Waals surface area contributed by atoms with Gasteiger partial charge in [-0.25, -0.2) is 0 Å². The van der Waals surface area contributed by atoms with Crippen molar-refractivity contribution in [1.82, 2.24) is 5.32 Å². The van der Waals surface area contributed by atoms with Gasteiger partial charge in [0.15, 0.2) is 0 Å². The molecule has 0 aliphatic rings. The summed E-state index contributed by atoms with van der Waals surface area (Å²) in [5.74, 6) is -0.116. The Balaban J connectivity index is 2.73. The van der Waals surface area contributed by atoms with E-state index in [1.165, 1.54) is 11.3 Å². The highest BCUT2D eigenvalue weighted by Crippen LogP contribution is 2.28. The van der Waals surface area contributed by atoms with Gasteiger partial charge in [-0.2, -0.15) is 0 Å². The molecule has 0 saturated heterocycles. The average molecular weight is 218 g/mol. The first kappa shape index (κ1) is 10.5. The first-order chi connectivity index (χ1) is 6.16. The van der Waals surface area contributed by atoms with E-state index in [9.17, 15) is 4.79 Å². The number of thiophene rings is 1. The lowest BCUT2D eigenvalue weighted by atomic mass is 10.2. The molecular formula is C9H12ClNOS. The molecule has 0 radical (unpaired) electrons. The summed E-state index contributed by atoms with van der Waals surface area (Å²) in [7, 11) is 0. The number of aryl methyl sites for hydroxylation is 1. The number of amides is 1. The number of alkyl halides is 1.